The number of carboxylic acids is 1. The standard InChI is InChI=1S/C21H20N2O3/c1-13-7-10-17(21(25)26)12-19(13)22-20(24)16-5-4-6-18(11-16)23-14(2)8-9-15(23)3/h4-12H,1-3H3,(H,22,24)(H,25,26). The van der Waals surface area contributed by atoms with Crippen LogP contribution in [0.4, 0.5) is 5.69 Å². The fourth-order valence-corrected chi connectivity index (χ4v) is 2.95. The topological polar surface area (TPSA) is 71.3 Å². The van der Waals surface area contributed by atoms with Gasteiger partial charge in [-0.3, -0.25) is 4.79 Å². The smallest absolute Gasteiger partial charge is 0.335 e. The number of anilines is 1. The number of carbonyl (C=O) groups excluding carboxylic acids is 1. The van der Waals surface area contributed by atoms with Gasteiger partial charge in [0, 0.05) is 28.3 Å². The highest BCUT2D eigenvalue weighted by Crippen LogP contribution is 2.20. The lowest BCUT2D eigenvalue weighted by Crippen LogP contribution is -2.14. The number of benzene rings is 2. The molecule has 0 spiro atoms. The fourth-order valence-electron chi connectivity index (χ4n) is 2.95. The molecule has 0 bridgehead atoms. The molecule has 0 saturated heterocycles. The first-order chi connectivity index (χ1) is 12.4. The van der Waals surface area contributed by atoms with E-state index in [9.17, 15) is 9.59 Å². The maximum atomic E-state index is 12.7. The summed E-state index contributed by atoms with van der Waals surface area (Å²) in [6, 6.07) is 16.1. The number of nitrogens with zero attached hydrogens (tertiary/aromatic N) is 1. The number of hydrogen-bond acceptors (Lipinski definition) is 2. The summed E-state index contributed by atoms with van der Waals surface area (Å²) in [6.07, 6.45) is 0. The predicted octanol–water partition coefficient (Wildman–Crippen LogP) is 4.35. The average molecular weight is 348 g/mol. The summed E-state index contributed by atoms with van der Waals surface area (Å²) in [4.78, 5) is 23.8. The number of carbonyl (C=O) groups is 2. The van der Waals surface area contributed by atoms with E-state index in [2.05, 4.69) is 9.88 Å². The molecule has 0 atom stereocenters. The van der Waals surface area contributed by atoms with Gasteiger partial charge in [-0.05, 0) is 68.8 Å². The predicted molar refractivity (Wildman–Crippen MR) is 101 cm³/mol. The summed E-state index contributed by atoms with van der Waals surface area (Å²) in [5.74, 6) is -1.30. The summed E-state index contributed by atoms with van der Waals surface area (Å²) in [5.41, 5.74) is 5.03. The third kappa shape index (κ3) is 3.37. The summed E-state index contributed by atoms with van der Waals surface area (Å²) >= 11 is 0. The monoisotopic (exact) mass is 348 g/mol. The van der Waals surface area contributed by atoms with Crippen LogP contribution in [0.1, 0.15) is 37.7 Å². The van der Waals surface area contributed by atoms with E-state index in [4.69, 9.17) is 5.11 Å². The number of aromatic carboxylic acids is 1. The van der Waals surface area contributed by atoms with Crippen molar-refractivity contribution in [3.63, 3.8) is 0 Å². The first-order valence-corrected chi connectivity index (χ1v) is 8.27. The Balaban J connectivity index is 1.91. The Hall–Kier alpha value is -3.34. The Morgan fingerprint density at radius 3 is 2.23 bits per heavy atom. The van der Waals surface area contributed by atoms with Crippen LogP contribution in [0.25, 0.3) is 5.69 Å². The second-order valence-electron chi connectivity index (χ2n) is 6.29. The van der Waals surface area contributed by atoms with Crippen LogP contribution in [0.5, 0.6) is 0 Å². The number of aromatic nitrogens is 1. The zero-order chi connectivity index (χ0) is 18.8. The number of aryl methyl sites for hydroxylation is 3. The minimum atomic E-state index is -1.03. The van der Waals surface area contributed by atoms with Crippen LogP contribution in [0.2, 0.25) is 0 Å². The molecule has 5 nitrogen and oxygen atoms in total. The van der Waals surface area contributed by atoms with Gasteiger partial charge in [0.1, 0.15) is 0 Å². The minimum Gasteiger partial charge on any atom is -0.478 e. The Bertz CT molecular complexity index is 983. The molecule has 1 heterocycles. The molecule has 0 aliphatic carbocycles. The lowest BCUT2D eigenvalue weighted by Gasteiger charge is -2.12. The lowest BCUT2D eigenvalue weighted by atomic mass is 10.1. The number of rotatable bonds is 4. The van der Waals surface area contributed by atoms with Gasteiger partial charge in [-0.1, -0.05) is 12.1 Å². The molecule has 0 saturated carbocycles. The highest BCUT2D eigenvalue weighted by Gasteiger charge is 2.12. The molecule has 0 radical (unpaired) electrons. The Morgan fingerprint density at radius 1 is 0.885 bits per heavy atom. The first-order valence-electron chi connectivity index (χ1n) is 8.27. The van der Waals surface area contributed by atoms with Gasteiger partial charge in [0.15, 0.2) is 0 Å². The molecule has 0 fully saturated rings. The molecule has 2 N–H and O–H groups in total. The van der Waals surface area contributed by atoms with Crippen LogP contribution >= 0.6 is 0 Å². The van der Waals surface area contributed by atoms with Crippen molar-refractivity contribution >= 4 is 17.6 Å². The van der Waals surface area contributed by atoms with Crippen LogP contribution in [-0.2, 0) is 0 Å². The molecule has 26 heavy (non-hydrogen) atoms. The third-order valence-electron chi connectivity index (χ3n) is 4.37. The molecule has 5 heteroatoms. The van der Waals surface area contributed by atoms with E-state index in [1.807, 2.05) is 51.1 Å². The molecular weight excluding hydrogens is 328 g/mol. The zero-order valence-electron chi connectivity index (χ0n) is 14.9. The van der Waals surface area contributed by atoms with Crippen LogP contribution in [0.3, 0.4) is 0 Å². The minimum absolute atomic E-state index is 0.137. The van der Waals surface area contributed by atoms with Gasteiger partial charge < -0.3 is 15.0 Å². The normalized spacial score (nSPS) is 10.6. The number of nitrogens with one attached hydrogen (secondary N) is 1. The molecule has 1 amide bonds. The molecule has 2 aromatic carbocycles. The number of hydrogen-bond donors (Lipinski definition) is 2. The summed E-state index contributed by atoms with van der Waals surface area (Å²) in [7, 11) is 0. The van der Waals surface area contributed by atoms with Crippen molar-refractivity contribution in [2.45, 2.75) is 20.8 Å². The van der Waals surface area contributed by atoms with Crippen molar-refractivity contribution in [2.24, 2.45) is 0 Å². The number of amides is 1. The second kappa shape index (κ2) is 6.88. The van der Waals surface area contributed by atoms with Gasteiger partial charge in [-0.25, -0.2) is 4.79 Å². The molecule has 3 aromatic rings. The van der Waals surface area contributed by atoms with Crippen molar-refractivity contribution in [3.8, 4) is 5.69 Å². The molecule has 0 aliphatic rings. The Labute approximate surface area is 151 Å². The first kappa shape index (κ1) is 17.5. The van der Waals surface area contributed by atoms with Crippen LogP contribution < -0.4 is 5.32 Å². The number of carboxylic acid groups (broad SMARTS) is 1. The summed E-state index contributed by atoms with van der Waals surface area (Å²) in [6.45, 7) is 5.85. The molecule has 0 aliphatic heterocycles. The van der Waals surface area contributed by atoms with Gasteiger partial charge >= 0.3 is 5.97 Å². The highest BCUT2D eigenvalue weighted by atomic mass is 16.4. The molecule has 3 rings (SSSR count). The maximum absolute atomic E-state index is 12.7. The SMILES string of the molecule is Cc1ccc(C(=O)O)cc1NC(=O)c1cccc(-n2c(C)ccc2C)c1. The lowest BCUT2D eigenvalue weighted by molar-refractivity contribution is 0.0696. The second-order valence-corrected chi connectivity index (χ2v) is 6.29. The van der Waals surface area contributed by atoms with Crippen molar-refractivity contribution in [2.75, 3.05) is 5.32 Å². The van der Waals surface area contributed by atoms with Gasteiger partial charge in [-0.15, -0.1) is 0 Å². The van der Waals surface area contributed by atoms with E-state index < -0.39 is 5.97 Å². The molecular formula is C21H20N2O3. The van der Waals surface area contributed by atoms with Crippen LogP contribution in [0, 0.1) is 20.8 Å². The average Bonchev–Trinajstić information content (AvgIpc) is 2.95. The van der Waals surface area contributed by atoms with E-state index in [-0.39, 0.29) is 11.5 Å². The van der Waals surface area contributed by atoms with E-state index in [1.165, 1.54) is 12.1 Å². The zero-order valence-corrected chi connectivity index (χ0v) is 14.9. The van der Waals surface area contributed by atoms with Crippen LogP contribution in [-0.4, -0.2) is 21.6 Å². The molecule has 132 valence electrons. The van der Waals surface area contributed by atoms with E-state index in [0.29, 0.717) is 11.3 Å². The summed E-state index contributed by atoms with van der Waals surface area (Å²) in [5, 5.41) is 11.9. The molecule has 0 unspecified atom stereocenters. The van der Waals surface area contributed by atoms with Crippen molar-refractivity contribution in [3.05, 3.63) is 82.7 Å². The Morgan fingerprint density at radius 2 is 1.58 bits per heavy atom. The van der Waals surface area contributed by atoms with Gasteiger partial charge in [0.2, 0.25) is 0 Å². The molecule has 1 aromatic heterocycles. The van der Waals surface area contributed by atoms with Crippen molar-refractivity contribution in [1.82, 2.24) is 4.57 Å². The maximum Gasteiger partial charge on any atom is 0.335 e. The highest BCUT2D eigenvalue weighted by molar-refractivity contribution is 6.05. The third-order valence-corrected chi connectivity index (χ3v) is 4.37. The fraction of sp³-hybridized carbons (Fsp3) is 0.143. The van der Waals surface area contributed by atoms with Gasteiger partial charge in [-0.2, -0.15) is 0 Å². The van der Waals surface area contributed by atoms with E-state index in [0.717, 1.165) is 22.6 Å². The van der Waals surface area contributed by atoms with Gasteiger partial charge in [0.25, 0.3) is 5.91 Å². The van der Waals surface area contributed by atoms with Crippen LogP contribution in [0.15, 0.2) is 54.6 Å². The van der Waals surface area contributed by atoms with E-state index in [1.54, 1.807) is 12.1 Å². The largest absolute Gasteiger partial charge is 0.478 e. The Kier molecular flexibility index (Phi) is 4.63. The quantitative estimate of drug-likeness (QED) is 0.736. The summed E-state index contributed by atoms with van der Waals surface area (Å²) < 4.78 is 2.08. The van der Waals surface area contributed by atoms with Gasteiger partial charge in [0.05, 0.1) is 5.56 Å². The van der Waals surface area contributed by atoms with Crippen molar-refractivity contribution in [1.29, 1.82) is 0 Å². The van der Waals surface area contributed by atoms with Crippen molar-refractivity contribution < 1.29 is 14.7 Å². The van der Waals surface area contributed by atoms with E-state index >= 15 is 0 Å².